The van der Waals surface area contributed by atoms with E-state index in [0.29, 0.717) is 36.7 Å². The molecule has 0 spiro atoms. The van der Waals surface area contributed by atoms with Crippen LogP contribution in [-0.4, -0.2) is 60.5 Å². The number of nitrogens with zero attached hydrogens (tertiary/aromatic N) is 2. The second kappa shape index (κ2) is 10.6. The highest BCUT2D eigenvalue weighted by atomic mass is 19.1. The van der Waals surface area contributed by atoms with Gasteiger partial charge in [-0.2, -0.15) is 0 Å². The van der Waals surface area contributed by atoms with Crippen molar-refractivity contribution >= 4 is 11.8 Å². The summed E-state index contributed by atoms with van der Waals surface area (Å²) < 4.78 is 33.4. The Labute approximate surface area is 198 Å². The SMILES string of the molecule is COCC(=O)N(CCN1C2CCC1CC(c1cccc(C(N)=O)c1)C2)Cc1c(F)cccc1F. The smallest absolute Gasteiger partial charge is 0.248 e. The number of fused-ring (bicyclic) bond motifs is 2. The average molecular weight is 472 g/mol. The molecule has 0 radical (unpaired) electrons. The van der Waals surface area contributed by atoms with Crippen LogP contribution in [-0.2, 0) is 16.1 Å². The molecule has 0 aliphatic carbocycles. The van der Waals surface area contributed by atoms with E-state index in [-0.39, 0.29) is 24.6 Å². The maximum Gasteiger partial charge on any atom is 0.248 e. The molecule has 2 aromatic rings. The first-order valence-electron chi connectivity index (χ1n) is 11.7. The van der Waals surface area contributed by atoms with Gasteiger partial charge in [-0.3, -0.25) is 14.5 Å². The van der Waals surface area contributed by atoms with Gasteiger partial charge in [0.1, 0.15) is 18.2 Å². The summed E-state index contributed by atoms with van der Waals surface area (Å²) in [6, 6.07) is 12.0. The van der Waals surface area contributed by atoms with Crippen molar-refractivity contribution in [1.82, 2.24) is 9.80 Å². The lowest BCUT2D eigenvalue weighted by Gasteiger charge is -2.40. The van der Waals surface area contributed by atoms with Crippen LogP contribution in [0.3, 0.4) is 0 Å². The number of primary amides is 1. The second-order valence-electron chi connectivity index (χ2n) is 9.23. The van der Waals surface area contributed by atoms with Crippen LogP contribution in [0.2, 0.25) is 0 Å². The Morgan fingerprint density at radius 2 is 1.74 bits per heavy atom. The molecule has 2 fully saturated rings. The molecule has 4 rings (SSSR count). The van der Waals surface area contributed by atoms with Crippen molar-refractivity contribution in [2.75, 3.05) is 26.8 Å². The van der Waals surface area contributed by atoms with Gasteiger partial charge in [0.2, 0.25) is 11.8 Å². The fourth-order valence-corrected chi connectivity index (χ4v) is 5.47. The van der Waals surface area contributed by atoms with Gasteiger partial charge in [-0.1, -0.05) is 18.2 Å². The molecule has 2 amide bonds. The molecule has 182 valence electrons. The predicted molar refractivity (Wildman–Crippen MR) is 124 cm³/mol. The van der Waals surface area contributed by atoms with Crippen LogP contribution in [0.5, 0.6) is 0 Å². The van der Waals surface area contributed by atoms with Crippen molar-refractivity contribution in [2.45, 2.75) is 50.2 Å². The number of carbonyl (C=O) groups excluding carboxylic acids is 2. The van der Waals surface area contributed by atoms with Crippen molar-refractivity contribution in [2.24, 2.45) is 5.73 Å². The van der Waals surface area contributed by atoms with E-state index >= 15 is 0 Å². The van der Waals surface area contributed by atoms with Crippen LogP contribution in [0.25, 0.3) is 0 Å². The molecule has 2 aromatic carbocycles. The van der Waals surface area contributed by atoms with Gasteiger partial charge in [-0.15, -0.1) is 0 Å². The molecule has 2 aliphatic heterocycles. The van der Waals surface area contributed by atoms with Crippen molar-refractivity contribution < 1.29 is 23.1 Å². The molecule has 0 aromatic heterocycles. The van der Waals surface area contributed by atoms with Gasteiger partial charge < -0.3 is 15.4 Å². The number of carbonyl (C=O) groups is 2. The van der Waals surface area contributed by atoms with Gasteiger partial charge in [-0.25, -0.2) is 8.78 Å². The average Bonchev–Trinajstić information content (AvgIpc) is 3.05. The molecule has 2 bridgehead atoms. The third-order valence-corrected chi connectivity index (χ3v) is 7.19. The van der Waals surface area contributed by atoms with Crippen LogP contribution >= 0.6 is 0 Å². The molecule has 2 saturated heterocycles. The number of hydrogen-bond donors (Lipinski definition) is 1. The Hall–Kier alpha value is -2.84. The lowest BCUT2D eigenvalue weighted by atomic mass is 9.84. The summed E-state index contributed by atoms with van der Waals surface area (Å²) in [5, 5.41) is 0. The number of piperidine rings is 1. The highest BCUT2D eigenvalue weighted by Crippen LogP contribution is 2.43. The molecule has 6 nitrogen and oxygen atoms in total. The van der Waals surface area contributed by atoms with Crippen molar-refractivity contribution in [3.05, 3.63) is 70.8 Å². The van der Waals surface area contributed by atoms with E-state index in [1.807, 2.05) is 12.1 Å². The number of benzene rings is 2. The maximum absolute atomic E-state index is 14.2. The zero-order chi connectivity index (χ0) is 24.2. The summed E-state index contributed by atoms with van der Waals surface area (Å²) in [4.78, 5) is 28.1. The monoisotopic (exact) mass is 471 g/mol. The van der Waals surface area contributed by atoms with Crippen LogP contribution in [0.15, 0.2) is 42.5 Å². The van der Waals surface area contributed by atoms with Crippen LogP contribution in [0, 0.1) is 11.6 Å². The van der Waals surface area contributed by atoms with E-state index in [4.69, 9.17) is 10.5 Å². The second-order valence-corrected chi connectivity index (χ2v) is 9.23. The third kappa shape index (κ3) is 5.28. The minimum Gasteiger partial charge on any atom is -0.375 e. The predicted octanol–water partition coefficient (Wildman–Crippen LogP) is 3.45. The summed E-state index contributed by atoms with van der Waals surface area (Å²) in [7, 11) is 1.43. The number of halogens is 2. The molecule has 2 N–H and O–H groups in total. The largest absolute Gasteiger partial charge is 0.375 e. The number of ether oxygens (including phenoxy) is 1. The van der Waals surface area contributed by atoms with Gasteiger partial charge in [0.05, 0.1) is 6.54 Å². The van der Waals surface area contributed by atoms with Crippen LogP contribution in [0.4, 0.5) is 8.78 Å². The maximum atomic E-state index is 14.2. The van der Waals surface area contributed by atoms with E-state index < -0.39 is 17.5 Å². The molecule has 2 aliphatic rings. The van der Waals surface area contributed by atoms with Gasteiger partial charge in [0.25, 0.3) is 0 Å². The fourth-order valence-electron chi connectivity index (χ4n) is 5.47. The molecule has 2 atom stereocenters. The number of nitrogens with two attached hydrogens (primary N) is 1. The Morgan fingerprint density at radius 1 is 1.09 bits per heavy atom. The Bertz CT molecular complexity index is 1010. The minimum atomic E-state index is -0.658. The normalized spacial score (nSPS) is 22.0. The van der Waals surface area contributed by atoms with Crippen molar-refractivity contribution in [3.63, 3.8) is 0 Å². The van der Waals surface area contributed by atoms with Crippen LogP contribution in [0.1, 0.15) is 53.1 Å². The molecule has 2 unspecified atom stereocenters. The van der Waals surface area contributed by atoms with E-state index in [2.05, 4.69) is 11.0 Å². The molecule has 8 heteroatoms. The fraction of sp³-hybridized carbons (Fsp3) is 0.462. The molecule has 34 heavy (non-hydrogen) atoms. The van der Waals surface area contributed by atoms with E-state index in [9.17, 15) is 18.4 Å². The third-order valence-electron chi connectivity index (χ3n) is 7.19. The number of rotatable bonds is 9. The quantitative estimate of drug-likeness (QED) is 0.608. The minimum absolute atomic E-state index is 0.108. The van der Waals surface area contributed by atoms with Gasteiger partial charge in [0.15, 0.2) is 0 Å². The first-order chi connectivity index (χ1) is 16.4. The molecular weight excluding hydrogens is 440 g/mol. The van der Waals surface area contributed by atoms with Crippen LogP contribution < -0.4 is 5.73 Å². The van der Waals surface area contributed by atoms with E-state index in [1.54, 1.807) is 6.07 Å². The Balaban J connectivity index is 1.43. The van der Waals surface area contributed by atoms with Gasteiger partial charge in [-0.05, 0) is 61.4 Å². The molecule has 2 heterocycles. The standard InChI is InChI=1S/C26H31F2N3O3/c1-34-16-25(32)30(15-22-23(27)6-3-7-24(22)28)10-11-31-20-8-9-21(31)14-19(13-20)17-4-2-5-18(12-17)26(29)33/h2-7,12,19-21H,8-11,13-16H2,1H3,(H2,29,33). The topological polar surface area (TPSA) is 75.9 Å². The zero-order valence-electron chi connectivity index (χ0n) is 19.4. The highest BCUT2D eigenvalue weighted by Gasteiger charge is 2.41. The first-order valence-corrected chi connectivity index (χ1v) is 11.7. The van der Waals surface area contributed by atoms with Gasteiger partial charge in [0, 0.05) is 43.4 Å². The summed E-state index contributed by atoms with van der Waals surface area (Å²) in [6.45, 7) is 0.729. The zero-order valence-corrected chi connectivity index (χ0v) is 19.4. The number of amides is 2. The summed E-state index contributed by atoms with van der Waals surface area (Å²) in [5.41, 5.74) is 7.01. The lowest BCUT2D eigenvalue weighted by Crippen LogP contribution is -2.47. The number of hydrogen-bond acceptors (Lipinski definition) is 4. The van der Waals surface area contributed by atoms with E-state index in [1.165, 1.54) is 30.2 Å². The lowest BCUT2D eigenvalue weighted by molar-refractivity contribution is -0.136. The van der Waals surface area contributed by atoms with E-state index in [0.717, 1.165) is 31.2 Å². The van der Waals surface area contributed by atoms with Gasteiger partial charge >= 0.3 is 0 Å². The van der Waals surface area contributed by atoms with Crippen molar-refractivity contribution in [1.29, 1.82) is 0 Å². The molecule has 0 saturated carbocycles. The highest BCUT2D eigenvalue weighted by molar-refractivity contribution is 5.92. The van der Waals surface area contributed by atoms with Crippen molar-refractivity contribution in [3.8, 4) is 0 Å². The summed E-state index contributed by atoms with van der Waals surface area (Å²) >= 11 is 0. The molecular formula is C26H31F2N3O3. The Kier molecular flexibility index (Phi) is 7.58. The first kappa shape index (κ1) is 24.3. The summed E-state index contributed by atoms with van der Waals surface area (Å²) in [6.07, 6.45) is 4.08. The number of methoxy groups -OCH3 is 1. The Morgan fingerprint density at radius 3 is 2.35 bits per heavy atom. The summed E-state index contributed by atoms with van der Waals surface area (Å²) in [5.74, 6) is -1.68.